The van der Waals surface area contributed by atoms with Crippen molar-refractivity contribution in [2.45, 2.75) is 0 Å². The molecule has 7 heteroatoms. The fourth-order valence-electron chi connectivity index (χ4n) is 2.74. The Kier molecular flexibility index (Phi) is 5.08. The van der Waals surface area contributed by atoms with E-state index in [1.54, 1.807) is 24.4 Å². The largest absolute Gasteiger partial charge is 0.340 e. The lowest BCUT2D eigenvalue weighted by Gasteiger charge is -2.12. The molecule has 0 unspecified atom stereocenters. The molecular weight excluding hydrogens is 415 g/mol. The van der Waals surface area contributed by atoms with Crippen LogP contribution in [0.15, 0.2) is 87.2 Å². The number of aliphatic imine (C=N–C) groups is 1. The van der Waals surface area contributed by atoms with Crippen LogP contribution < -0.4 is 16.3 Å². The number of nitrogens with one attached hydrogen (secondary N) is 1. The Morgan fingerprint density at radius 3 is 2.61 bits per heavy atom. The van der Waals surface area contributed by atoms with Gasteiger partial charge in [0.2, 0.25) is 0 Å². The quantitative estimate of drug-likeness (QED) is 0.397. The molecule has 4 aromatic rings. The van der Waals surface area contributed by atoms with Gasteiger partial charge in [-0.2, -0.15) is 0 Å². The first-order chi connectivity index (χ1) is 13.6. The summed E-state index contributed by atoms with van der Waals surface area (Å²) >= 11 is 3.47. The van der Waals surface area contributed by atoms with E-state index in [-0.39, 0.29) is 5.56 Å². The smallest absolute Gasteiger partial charge is 0.268 e. The second kappa shape index (κ2) is 7.82. The third kappa shape index (κ3) is 3.61. The van der Waals surface area contributed by atoms with E-state index >= 15 is 0 Å². The number of rotatable bonds is 4. The molecule has 2 aromatic carbocycles. The van der Waals surface area contributed by atoms with Crippen molar-refractivity contribution in [2.75, 3.05) is 5.32 Å². The topological polar surface area (TPSA) is 58.8 Å². The van der Waals surface area contributed by atoms with Crippen LogP contribution in [0.3, 0.4) is 0 Å². The molecule has 0 saturated carbocycles. The van der Waals surface area contributed by atoms with Gasteiger partial charge in [0.25, 0.3) is 5.56 Å². The predicted octanol–water partition coefficient (Wildman–Crippen LogP) is 3.75. The van der Waals surface area contributed by atoms with E-state index in [0.29, 0.717) is 33.9 Å². The number of nitrogens with zero attached hydrogens (tertiary/aromatic N) is 3. The summed E-state index contributed by atoms with van der Waals surface area (Å²) in [5.74, 6) is 0.393. The third-order valence-electron chi connectivity index (χ3n) is 4.17. The number of hydrogen-bond acceptors (Lipinski definition) is 4. The van der Waals surface area contributed by atoms with Crippen molar-refractivity contribution >= 4 is 58.3 Å². The van der Waals surface area contributed by atoms with Crippen molar-refractivity contribution in [3.63, 3.8) is 0 Å². The molecule has 2 aromatic heterocycles. The summed E-state index contributed by atoms with van der Waals surface area (Å²) in [6.07, 6.45) is 3.21. The molecule has 2 heterocycles. The highest BCUT2D eigenvalue weighted by molar-refractivity contribution is 9.10. The molecule has 0 saturated heterocycles. The molecular formula is C21H14BBrN4O. The van der Waals surface area contributed by atoms with Gasteiger partial charge in [-0.05, 0) is 46.3 Å². The zero-order valence-electron chi connectivity index (χ0n) is 14.7. The van der Waals surface area contributed by atoms with E-state index in [1.165, 1.54) is 10.6 Å². The van der Waals surface area contributed by atoms with Crippen LogP contribution in [0.25, 0.3) is 5.65 Å². The number of para-hydroxylation sites is 2. The van der Waals surface area contributed by atoms with Crippen molar-refractivity contribution in [1.29, 1.82) is 0 Å². The highest BCUT2D eigenvalue weighted by atomic mass is 79.9. The zero-order chi connectivity index (χ0) is 19.5. The Balaban J connectivity index is 1.87. The molecule has 0 aliphatic carbocycles. The molecule has 0 bridgehead atoms. The maximum Gasteiger partial charge on any atom is 0.268 e. The molecule has 0 aliphatic rings. The molecule has 134 valence electrons. The van der Waals surface area contributed by atoms with E-state index in [1.807, 2.05) is 48.5 Å². The number of fused-ring (bicyclic) bond motifs is 1. The molecule has 4 rings (SSSR count). The van der Waals surface area contributed by atoms with E-state index in [4.69, 9.17) is 7.85 Å². The zero-order valence-corrected chi connectivity index (χ0v) is 16.3. The SMILES string of the molecule is [B]c1ccccc1Nc1nc2ccccn2c(=O)c1C=Nc1ccccc1Br. The van der Waals surface area contributed by atoms with Crippen molar-refractivity contribution in [3.05, 3.63) is 93.3 Å². The number of anilines is 2. The van der Waals surface area contributed by atoms with Crippen molar-refractivity contribution < 1.29 is 0 Å². The molecule has 0 fully saturated rings. The second-order valence-electron chi connectivity index (χ2n) is 6.03. The van der Waals surface area contributed by atoms with Crippen molar-refractivity contribution in [2.24, 2.45) is 4.99 Å². The van der Waals surface area contributed by atoms with Crippen LogP contribution in [0, 0.1) is 0 Å². The van der Waals surface area contributed by atoms with Gasteiger partial charge in [-0.1, -0.05) is 41.9 Å². The molecule has 28 heavy (non-hydrogen) atoms. The van der Waals surface area contributed by atoms with Gasteiger partial charge in [0, 0.05) is 22.6 Å². The van der Waals surface area contributed by atoms with Crippen molar-refractivity contribution in [1.82, 2.24) is 9.38 Å². The first-order valence-electron chi connectivity index (χ1n) is 8.55. The fourth-order valence-corrected chi connectivity index (χ4v) is 3.13. The molecule has 1 N–H and O–H groups in total. The van der Waals surface area contributed by atoms with E-state index in [2.05, 4.69) is 31.2 Å². The van der Waals surface area contributed by atoms with Crippen LogP contribution in [0.2, 0.25) is 0 Å². The van der Waals surface area contributed by atoms with Gasteiger partial charge in [-0.3, -0.25) is 14.2 Å². The Morgan fingerprint density at radius 1 is 1.04 bits per heavy atom. The van der Waals surface area contributed by atoms with Gasteiger partial charge >= 0.3 is 0 Å². The minimum atomic E-state index is -0.224. The lowest BCUT2D eigenvalue weighted by atomic mass is 9.94. The summed E-state index contributed by atoms with van der Waals surface area (Å²) in [7, 11) is 6.04. The monoisotopic (exact) mass is 428 g/mol. The summed E-state index contributed by atoms with van der Waals surface area (Å²) in [5.41, 5.74) is 2.59. The molecule has 5 nitrogen and oxygen atoms in total. The first-order valence-corrected chi connectivity index (χ1v) is 9.34. The molecule has 0 aliphatic heterocycles. The molecule has 2 radical (unpaired) electrons. The average Bonchev–Trinajstić information content (AvgIpc) is 2.71. The number of benzene rings is 2. The van der Waals surface area contributed by atoms with E-state index < -0.39 is 0 Å². The predicted molar refractivity (Wildman–Crippen MR) is 118 cm³/mol. The first kappa shape index (κ1) is 18.2. The van der Waals surface area contributed by atoms with Crippen LogP contribution >= 0.6 is 15.9 Å². The van der Waals surface area contributed by atoms with E-state index in [9.17, 15) is 4.79 Å². The lowest BCUT2D eigenvalue weighted by molar-refractivity contribution is 1.04. The molecule has 0 amide bonds. The summed E-state index contributed by atoms with van der Waals surface area (Å²) in [5, 5.41) is 3.17. The van der Waals surface area contributed by atoms with Gasteiger partial charge in [-0.15, -0.1) is 0 Å². The minimum absolute atomic E-state index is 0.224. The number of pyridine rings is 1. The lowest BCUT2D eigenvalue weighted by Crippen LogP contribution is -2.22. The normalized spacial score (nSPS) is 11.2. The van der Waals surface area contributed by atoms with E-state index in [0.717, 1.165) is 4.47 Å². The van der Waals surface area contributed by atoms with Crippen LogP contribution in [-0.2, 0) is 0 Å². The van der Waals surface area contributed by atoms with Gasteiger partial charge < -0.3 is 5.32 Å². The maximum atomic E-state index is 13.1. The van der Waals surface area contributed by atoms with Crippen LogP contribution in [0.5, 0.6) is 0 Å². The van der Waals surface area contributed by atoms with Gasteiger partial charge in [0.15, 0.2) is 0 Å². The van der Waals surface area contributed by atoms with Crippen molar-refractivity contribution in [3.8, 4) is 0 Å². The summed E-state index contributed by atoms with van der Waals surface area (Å²) in [4.78, 5) is 22.2. The maximum absolute atomic E-state index is 13.1. The third-order valence-corrected chi connectivity index (χ3v) is 4.84. The highest BCUT2D eigenvalue weighted by Crippen LogP contribution is 2.24. The van der Waals surface area contributed by atoms with Crippen LogP contribution in [-0.4, -0.2) is 23.4 Å². The Labute approximate surface area is 171 Å². The van der Waals surface area contributed by atoms with Gasteiger partial charge in [0.05, 0.1) is 5.69 Å². The standard InChI is InChI=1S/C21H14BBrN4O/c22-15-7-1-3-9-17(15)25-20-14(13-24-18-10-4-2-8-16(18)23)21(28)27-12-6-5-11-19(27)26-20/h1-13,25H. The number of hydrogen-bond donors (Lipinski definition) is 1. The average molecular weight is 429 g/mol. The number of halogens is 1. The Bertz CT molecular complexity index is 1250. The van der Waals surface area contributed by atoms with Gasteiger partial charge in [0.1, 0.15) is 24.9 Å². The second-order valence-corrected chi connectivity index (χ2v) is 6.88. The van der Waals surface area contributed by atoms with Crippen LogP contribution in [0.1, 0.15) is 5.56 Å². The van der Waals surface area contributed by atoms with Crippen LogP contribution in [0.4, 0.5) is 17.2 Å². The molecule has 0 spiro atoms. The fraction of sp³-hybridized carbons (Fsp3) is 0. The minimum Gasteiger partial charge on any atom is -0.340 e. The summed E-state index contributed by atoms with van der Waals surface area (Å²) < 4.78 is 2.32. The molecule has 0 atom stereocenters. The summed E-state index contributed by atoms with van der Waals surface area (Å²) in [6, 6.07) is 20.2. The summed E-state index contributed by atoms with van der Waals surface area (Å²) in [6.45, 7) is 0. The van der Waals surface area contributed by atoms with Gasteiger partial charge in [-0.25, -0.2) is 4.98 Å². The number of aromatic nitrogens is 2. The Hall–Kier alpha value is -3.19. The Morgan fingerprint density at radius 2 is 1.79 bits per heavy atom. The highest BCUT2D eigenvalue weighted by Gasteiger charge is 2.12.